The first-order valence-corrected chi connectivity index (χ1v) is 7.10. The van der Waals surface area contributed by atoms with E-state index in [-0.39, 0.29) is 12.7 Å². The summed E-state index contributed by atoms with van der Waals surface area (Å²) < 4.78 is 5.63. The highest BCUT2D eigenvalue weighted by Gasteiger charge is 2.28. The molecule has 1 fully saturated rings. The molecule has 0 aliphatic carbocycles. The standard InChI is InChI=1S/C16H25NO2/c1-12-6-7-15(13(2)9-12)16(3,11-18)17-10-14-5-4-8-19-14/h6-7,9,14,17-18H,4-5,8,10-11H2,1-3H3. The minimum atomic E-state index is -0.399. The molecular weight excluding hydrogens is 238 g/mol. The van der Waals surface area contributed by atoms with Crippen molar-refractivity contribution in [3.8, 4) is 0 Å². The van der Waals surface area contributed by atoms with Crippen LogP contribution in [0.1, 0.15) is 36.5 Å². The van der Waals surface area contributed by atoms with Crippen molar-refractivity contribution < 1.29 is 9.84 Å². The van der Waals surface area contributed by atoms with E-state index >= 15 is 0 Å². The number of ether oxygens (including phenoxy) is 1. The van der Waals surface area contributed by atoms with Gasteiger partial charge in [-0.2, -0.15) is 0 Å². The molecule has 0 saturated carbocycles. The summed E-state index contributed by atoms with van der Waals surface area (Å²) in [5.74, 6) is 0. The van der Waals surface area contributed by atoms with Crippen molar-refractivity contribution in [2.45, 2.75) is 45.3 Å². The summed E-state index contributed by atoms with van der Waals surface area (Å²) in [5, 5.41) is 13.3. The lowest BCUT2D eigenvalue weighted by molar-refractivity contribution is 0.0909. The molecule has 0 aromatic heterocycles. The molecule has 2 rings (SSSR count). The van der Waals surface area contributed by atoms with E-state index in [2.05, 4.69) is 44.3 Å². The van der Waals surface area contributed by atoms with Crippen molar-refractivity contribution >= 4 is 0 Å². The molecule has 19 heavy (non-hydrogen) atoms. The summed E-state index contributed by atoms with van der Waals surface area (Å²) >= 11 is 0. The summed E-state index contributed by atoms with van der Waals surface area (Å²) in [6, 6.07) is 6.38. The Morgan fingerprint density at radius 3 is 2.79 bits per heavy atom. The van der Waals surface area contributed by atoms with Gasteiger partial charge in [0.2, 0.25) is 0 Å². The highest BCUT2D eigenvalue weighted by atomic mass is 16.5. The van der Waals surface area contributed by atoms with Gasteiger partial charge in [-0.05, 0) is 44.7 Å². The summed E-state index contributed by atoms with van der Waals surface area (Å²) in [6.45, 7) is 8.00. The first-order valence-electron chi connectivity index (χ1n) is 7.10. The number of aliphatic hydroxyl groups is 1. The Morgan fingerprint density at radius 2 is 2.21 bits per heavy atom. The smallest absolute Gasteiger partial charge is 0.0700 e. The molecule has 1 aliphatic rings. The van der Waals surface area contributed by atoms with Gasteiger partial charge in [0.1, 0.15) is 0 Å². The van der Waals surface area contributed by atoms with Crippen molar-refractivity contribution in [2.24, 2.45) is 0 Å². The predicted octanol–water partition coefficient (Wildman–Crippen LogP) is 2.28. The third-order valence-corrected chi connectivity index (χ3v) is 4.04. The van der Waals surface area contributed by atoms with E-state index in [9.17, 15) is 5.11 Å². The van der Waals surface area contributed by atoms with Crippen LogP contribution in [-0.2, 0) is 10.3 Å². The van der Waals surface area contributed by atoms with Gasteiger partial charge in [-0.25, -0.2) is 0 Å². The van der Waals surface area contributed by atoms with Crippen LogP contribution >= 0.6 is 0 Å². The van der Waals surface area contributed by atoms with Gasteiger partial charge in [0.25, 0.3) is 0 Å². The molecule has 1 aromatic carbocycles. The van der Waals surface area contributed by atoms with Gasteiger partial charge in [0.15, 0.2) is 0 Å². The molecule has 2 unspecified atom stereocenters. The predicted molar refractivity (Wildman–Crippen MR) is 77.3 cm³/mol. The van der Waals surface area contributed by atoms with Crippen LogP contribution in [0, 0.1) is 13.8 Å². The molecule has 0 amide bonds. The summed E-state index contributed by atoms with van der Waals surface area (Å²) in [6.07, 6.45) is 2.55. The van der Waals surface area contributed by atoms with Gasteiger partial charge in [0.05, 0.1) is 18.2 Å². The van der Waals surface area contributed by atoms with Crippen LogP contribution in [0.2, 0.25) is 0 Å². The van der Waals surface area contributed by atoms with Crippen LogP contribution < -0.4 is 5.32 Å². The molecule has 1 saturated heterocycles. The van der Waals surface area contributed by atoms with Gasteiger partial charge < -0.3 is 15.2 Å². The summed E-state index contributed by atoms with van der Waals surface area (Å²) in [5.41, 5.74) is 3.24. The third kappa shape index (κ3) is 3.35. The minimum absolute atomic E-state index is 0.0869. The van der Waals surface area contributed by atoms with Gasteiger partial charge >= 0.3 is 0 Å². The van der Waals surface area contributed by atoms with Crippen LogP contribution in [0.15, 0.2) is 18.2 Å². The Labute approximate surface area is 116 Å². The summed E-state index contributed by atoms with van der Waals surface area (Å²) in [4.78, 5) is 0. The van der Waals surface area contributed by atoms with E-state index < -0.39 is 5.54 Å². The molecule has 1 aliphatic heterocycles. The van der Waals surface area contributed by atoms with Crippen LogP contribution in [0.25, 0.3) is 0 Å². The van der Waals surface area contributed by atoms with Gasteiger partial charge in [0, 0.05) is 13.2 Å². The van der Waals surface area contributed by atoms with Gasteiger partial charge in [-0.3, -0.25) is 0 Å². The van der Waals surface area contributed by atoms with Crippen LogP contribution in [0.4, 0.5) is 0 Å². The third-order valence-electron chi connectivity index (χ3n) is 4.04. The minimum Gasteiger partial charge on any atom is -0.394 e. The van der Waals surface area contributed by atoms with Crippen LogP contribution in [0.3, 0.4) is 0 Å². The fraction of sp³-hybridized carbons (Fsp3) is 0.625. The van der Waals surface area contributed by atoms with Gasteiger partial charge in [-0.1, -0.05) is 23.8 Å². The Balaban J connectivity index is 2.11. The Hall–Kier alpha value is -0.900. The lowest BCUT2D eigenvalue weighted by Crippen LogP contribution is -2.46. The maximum Gasteiger partial charge on any atom is 0.0700 e. The molecule has 0 bridgehead atoms. The first-order chi connectivity index (χ1) is 9.05. The fourth-order valence-corrected chi connectivity index (χ4v) is 2.81. The van der Waals surface area contributed by atoms with E-state index in [1.807, 2.05) is 0 Å². The average molecular weight is 263 g/mol. The highest BCUT2D eigenvalue weighted by molar-refractivity contribution is 5.35. The van der Waals surface area contributed by atoms with Crippen molar-refractivity contribution in [2.75, 3.05) is 19.8 Å². The van der Waals surface area contributed by atoms with Crippen molar-refractivity contribution in [1.29, 1.82) is 0 Å². The van der Waals surface area contributed by atoms with Crippen LogP contribution in [-0.4, -0.2) is 31.0 Å². The maximum absolute atomic E-state index is 9.80. The molecule has 3 heteroatoms. The van der Waals surface area contributed by atoms with Crippen molar-refractivity contribution in [3.63, 3.8) is 0 Å². The normalized spacial score (nSPS) is 22.4. The Morgan fingerprint density at radius 1 is 1.42 bits per heavy atom. The summed E-state index contributed by atoms with van der Waals surface area (Å²) in [7, 11) is 0. The number of nitrogens with one attached hydrogen (secondary N) is 1. The maximum atomic E-state index is 9.80. The lowest BCUT2D eigenvalue weighted by atomic mass is 9.88. The molecule has 2 atom stereocenters. The Kier molecular flexibility index (Phi) is 4.61. The number of rotatable bonds is 5. The van der Waals surface area contributed by atoms with E-state index in [1.165, 1.54) is 16.7 Å². The quantitative estimate of drug-likeness (QED) is 0.856. The van der Waals surface area contributed by atoms with Crippen molar-refractivity contribution in [1.82, 2.24) is 5.32 Å². The Bertz CT molecular complexity index is 427. The van der Waals surface area contributed by atoms with E-state index in [0.29, 0.717) is 0 Å². The number of aryl methyl sites for hydroxylation is 2. The number of hydrogen-bond donors (Lipinski definition) is 2. The molecule has 106 valence electrons. The average Bonchev–Trinajstić information content (AvgIpc) is 2.89. The zero-order valence-corrected chi connectivity index (χ0v) is 12.2. The number of aliphatic hydroxyl groups excluding tert-OH is 1. The molecule has 0 spiro atoms. The zero-order valence-electron chi connectivity index (χ0n) is 12.2. The topological polar surface area (TPSA) is 41.5 Å². The van der Waals surface area contributed by atoms with E-state index in [1.54, 1.807) is 0 Å². The second-order valence-electron chi connectivity index (χ2n) is 5.82. The molecule has 3 nitrogen and oxygen atoms in total. The molecule has 0 radical (unpaired) electrons. The molecular formula is C16H25NO2. The SMILES string of the molecule is Cc1ccc(C(C)(CO)NCC2CCCO2)c(C)c1. The second kappa shape index (κ2) is 6.04. The molecule has 2 N–H and O–H groups in total. The van der Waals surface area contributed by atoms with Crippen LogP contribution in [0.5, 0.6) is 0 Å². The molecule has 1 aromatic rings. The fourth-order valence-electron chi connectivity index (χ4n) is 2.81. The first kappa shape index (κ1) is 14.5. The van der Waals surface area contributed by atoms with Crippen molar-refractivity contribution in [3.05, 3.63) is 34.9 Å². The number of benzene rings is 1. The monoisotopic (exact) mass is 263 g/mol. The highest BCUT2D eigenvalue weighted by Crippen LogP contribution is 2.25. The second-order valence-corrected chi connectivity index (χ2v) is 5.82. The van der Waals surface area contributed by atoms with E-state index in [0.717, 1.165) is 26.0 Å². The number of hydrogen-bond acceptors (Lipinski definition) is 3. The largest absolute Gasteiger partial charge is 0.394 e. The van der Waals surface area contributed by atoms with E-state index in [4.69, 9.17) is 4.74 Å². The lowest BCUT2D eigenvalue weighted by Gasteiger charge is -2.32. The molecule has 1 heterocycles. The zero-order chi connectivity index (χ0) is 13.9. The van der Waals surface area contributed by atoms with Gasteiger partial charge in [-0.15, -0.1) is 0 Å².